The summed E-state index contributed by atoms with van der Waals surface area (Å²) in [5.41, 5.74) is 9.79. The highest BCUT2D eigenvalue weighted by atomic mass is 31.2. The lowest BCUT2D eigenvalue weighted by Gasteiger charge is -2.34. The predicted molar refractivity (Wildman–Crippen MR) is 130 cm³/mol. The summed E-state index contributed by atoms with van der Waals surface area (Å²) < 4.78 is 44.5. The molecule has 3 rings (SSSR count). The summed E-state index contributed by atoms with van der Waals surface area (Å²) in [6.45, 7) is 0. The molecule has 0 amide bonds. The van der Waals surface area contributed by atoms with E-state index in [0.717, 1.165) is 25.7 Å². The Bertz CT molecular complexity index is 954. The molecule has 36 heavy (non-hydrogen) atoms. The fourth-order valence-corrected chi connectivity index (χ4v) is 8.16. The minimum Gasteiger partial charge on any atom is -0.324 e. The Hall–Kier alpha value is 0.440. The summed E-state index contributed by atoms with van der Waals surface area (Å²) in [7, 11) is -17.5. The van der Waals surface area contributed by atoms with E-state index in [1.165, 1.54) is 0 Å². The number of rotatable bonds is 10. The lowest BCUT2D eigenvalue weighted by atomic mass is 9.92. The standard InChI is InChI=1S/C10H22N2O6P2.C6H16N2O6P2/c13-19(14,15)7-3-6-10(20(16,17)18)11-8-4-1-2-5-9(8)12-10;7-6(8,16(12,13)14)5(1-2-5)3-4-15(9,10)11/h8-9,11-12H,1-7H2,(H2,13,14,15)(H2,16,17,18);1-4,7-8H2,(H2,9,10,11)(H2,12,13,14). The van der Waals surface area contributed by atoms with Gasteiger partial charge in [0.2, 0.25) is 0 Å². The van der Waals surface area contributed by atoms with Crippen LogP contribution in [0.3, 0.4) is 0 Å². The van der Waals surface area contributed by atoms with Gasteiger partial charge in [-0.1, -0.05) is 12.8 Å². The van der Waals surface area contributed by atoms with E-state index in [1.54, 1.807) is 0 Å². The van der Waals surface area contributed by atoms with Gasteiger partial charge in [0.05, 0.1) is 6.16 Å². The molecule has 1 saturated heterocycles. The number of hydrogen-bond donors (Lipinski definition) is 12. The number of nitrogens with one attached hydrogen (secondary N) is 2. The van der Waals surface area contributed by atoms with Gasteiger partial charge in [-0.2, -0.15) is 0 Å². The number of fused-ring (bicyclic) bond motifs is 1. The quantitative estimate of drug-likeness (QED) is 0.109. The molecule has 0 radical (unpaired) electrons. The number of hydrogen-bond acceptors (Lipinski definition) is 8. The normalized spacial score (nSPS) is 28.7. The predicted octanol–water partition coefficient (Wildman–Crippen LogP) is -0.637. The zero-order chi connectivity index (χ0) is 27.8. The highest BCUT2D eigenvalue weighted by molar-refractivity contribution is 7.54. The molecule has 14 N–H and O–H groups in total. The minimum absolute atomic E-state index is 0.00458. The molecular formula is C16H38N4O12P4. The molecule has 0 aromatic heterocycles. The SMILES string of the molecule is NC(N)(C1(CCP(=O)(O)O)CC1)P(=O)(O)O.O=P(O)(O)CCCC1(P(=O)(O)O)NC2CCCCC2N1. The highest BCUT2D eigenvalue weighted by Crippen LogP contribution is 2.66. The van der Waals surface area contributed by atoms with Crippen LogP contribution in [-0.4, -0.2) is 74.4 Å². The van der Waals surface area contributed by atoms with Crippen molar-refractivity contribution in [2.75, 3.05) is 12.3 Å². The van der Waals surface area contributed by atoms with Crippen LogP contribution in [0.25, 0.3) is 0 Å². The topological polar surface area (TPSA) is 306 Å². The van der Waals surface area contributed by atoms with E-state index in [9.17, 15) is 28.0 Å². The van der Waals surface area contributed by atoms with Crippen molar-refractivity contribution in [2.45, 2.75) is 80.7 Å². The Morgan fingerprint density at radius 3 is 1.53 bits per heavy atom. The summed E-state index contributed by atoms with van der Waals surface area (Å²) in [5, 5.41) is 2.26. The lowest BCUT2D eigenvalue weighted by Crippen LogP contribution is -2.56. The summed E-state index contributed by atoms with van der Waals surface area (Å²) >= 11 is 0. The second kappa shape index (κ2) is 11.1. The van der Waals surface area contributed by atoms with Crippen LogP contribution >= 0.6 is 30.4 Å². The van der Waals surface area contributed by atoms with E-state index in [4.69, 9.17) is 40.8 Å². The Labute approximate surface area is 208 Å². The van der Waals surface area contributed by atoms with Crippen LogP contribution in [0.1, 0.15) is 57.8 Å². The number of nitrogens with two attached hydrogens (primary N) is 2. The van der Waals surface area contributed by atoms with Crippen molar-refractivity contribution >= 4 is 30.4 Å². The maximum Gasteiger partial charge on any atom is 0.360 e. The molecule has 2 aliphatic carbocycles. The zero-order valence-corrected chi connectivity index (χ0v) is 23.2. The van der Waals surface area contributed by atoms with Crippen molar-refractivity contribution in [3.05, 3.63) is 0 Å². The summed E-state index contributed by atoms with van der Waals surface area (Å²) in [6, 6.07) is 0.0397. The van der Waals surface area contributed by atoms with Crippen molar-refractivity contribution in [2.24, 2.45) is 16.9 Å². The van der Waals surface area contributed by atoms with Gasteiger partial charge in [-0.05, 0) is 44.9 Å². The average Bonchev–Trinajstić information content (AvgIpc) is 3.38. The fraction of sp³-hybridized carbons (Fsp3) is 1.00. The van der Waals surface area contributed by atoms with E-state index in [2.05, 4.69) is 10.6 Å². The van der Waals surface area contributed by atoms with Gasteiger partial charge in [-0.3, -0.25) is 28.9 Å². The first kappa shape index (κ1) is 32.7. The third kappa shape index (κ3) is 8.22. The van der Waals surface area contributed by atoms with Crippen LogP contribution in [0, 0.1) is 5.41 Å². The van der Waals surface area contributed by atoms with Crippen molar-refractivity contribution in [3.63, 3.8) is 0 Å². The lowest BCUT2D eigenvalue weighted by molar-refractivity contribution is 0.250. The Kier molecular flexibility index (Phi) is 10.1. The van der Waals surface area contributed by atoms with Crippen LogP contribution in [0.5, 0.6) is 0 Å². The Morgan fingerprint density at radius 2 is 1.19 bits per heavy atom. The van der Waals surface area contributed by atoms with Gasteiger partial charge in [0, 0.05) is 23.7 Å². The largest absolute Gasteiger partial charge is 0.360 e. The first-order valence-corrected chi connectivity index (χ1v) is 18.2. The summed E-state index contributed by atoms with van der Waals surface area (Å²) in [4.78, 5) is 72.5. The summed E-state index contributed by atoms with van der Waals surface area (Å²) in [6.07, 6.45) is 3.62. The molecule has 1 aliphatic heterocycles. The van der Waals surface area contributed by atoms with Crippen molar-refractivity contribution < 1.29 is 57.4 Å². The molecule has 0 spiro atoms. The first-order valence-electron chi connectivity index (χ1n) is 11.4. The molecule has 2 atom stereocenters. The Balaban J connectivity index is 0.000000261. The zero-order valence-electron chi connectivity index (χ0n) is 19.6. The maximum absolute atomic E-state index is 11.8. The molecule has 16 nitrogen and oxygen atoms in total. The molecule has 20 heteroatoms. The van der Waals surface area contributed by atoms with Gasteiger partial charge in [-0.15, -0.1) is 0 Å². The second-order valence-electron chi connectivity index (χ2n) is 9.97. The van der Waals surface area contributed by atoms with Crippen molar-refractivity contribution in [3.8, 4) is 0 Å². The van der Waals surface area contributed by atoms with Crippen LogP contribution in [-0.2, 0) is 18.3 Å². The third-order valence-corrected chi connectivity index (χ3v) is 11.8. The van der Waals surface area contributed by atoms with Crippen molar-refractivity contribution in [1.29, 1.82) is 0 Å². The highest BCUT2D eigenvalue weighted by Gasteiger charge is 2.63. The average molecular weight is 602 g/mol. The van der Waals surface area contributed by atoms with Gasteiger partial charge in [-0.25, -0.2) is 0 Å². The van der Waals surface area contributed by atoms with Gasteiger partial charge in [0.25, 0.3) is 0 Å². The second-order valence-corrected chi connectivity index (χ2v) is 17.2. The van der Waals surface area contributed by atoms with Gasteiger partial charge in [0.15, 0.2) is 10.8 Å². The molecule has 2 unspecified atom stereocenters. The molecule has 2 saturated carbocycles. The molecule has 0 aromatic rings. The molecule has 0 aromatic carbocycles. The van der Waals surface area contributed by atoms with E-state index in [1.807, 2.05) is 0 Å². The maximum atomic E-state index is 11.8. The molecule has 3 fully saturated rings. The first-order chi connectivity index (χ1) is 16.0. The van der Waals surface area contributed by atoms with Gasteiger partial charge >= 0.3 is 30.4 Å². The van der Waals surface area contributed by atoms with E-state index >= 15 is 0 Å². The van der Waals surface area contributed by atoms with Gasteiger partial charge < -0.3 is 50.6 Å². The molecule has 0 bridgehead atoms. The molecule has 3 aliphatic rings. The van der Waals surface area contributed by atoms with Crippen LogP contribution in [0.4, 0.5) is 0 Å². The van der Waals surface area contributed by atoms with Gasteiger partial charge in [0.1, 0.15) is 0 Å². The van der Waals surface area contributed by atoms with Crippen LogP contribution in [0.2, 0.25) is 0 Å². The smallest absolute Gasteiger partial charge is 0.324 e. The summed E-state index contributed by atoms with van der Waals surface area (Å²) in [5.74, 6) is 0. The van der Waals surface area contributed by atoms with E-state index in [-0.39, 0.29) is 37.5 Å². The van der Waals surface area contributed by atoms with Crippen LogP contribution < -0.4 is 22.1 Å². The fourth-order valence-electron chi connectivity index (χ4n) is 4.80. The Morgan fingerprint density at radius 1 is 0.750 bits per heavy atom. The van der Waals surface area contributed by atoms with E-state index < -0.39 is 52.8 Å². The molecule has 1 heterocycles. The van der Waals surface area contributed by atoms with E-state index in [0.29, 0.717) is 12.8 Å². The molecule has 214 valence electrons. The van der Waals surface area contributed by atoms with Crippen LogP contribution in [0.15, 0.2) is 0 Å². The minimum atomic E-state index is -4.71. The third-order valence-electron chi connectivity index (χ3n) is 7.17. The monoisotopic (exact) mass is 602 g/mol. The molecular weight excluding hydrogens is 564 g/mol. The van der Waals surface area contributed by atoms with Crippen molar-refractivity contribution in [1.82, 2.24) is 10.6 Å².